The highest BCUT2D eigenvalue weighted by atomic mass is 16.4. The van der Waals surface area contributed by atoms with Gasteiger partial charge in [0.25, 0.3) is 0 Å². The van der Waals surface area contributed by atoms with E-state index in [1.165, 1.54) is 13.1 Å². The van der Waals surface area contributed by atoms with Gasteiger partial charge in [0, 0.05) is 11.9 Å². The molecule has 1 atom stereocenters. The van der Waals surface area contributed by atoms with Crippen molar-refractivity contribution in [2.75, 3.05) is 0 Å². The Hall–Kier alpha value is -1.71. The molecule has 3 N–H and O–H groups in total. The van der Waals surface area contributed by atoms with Gasteiger partial charge in [0.1, 0.15) is 5.94 Å². The molecule has 5 nitrogen and oxygen atoms in total. The summed E-state index contributed by atoms with van der Waals surface area (Å²) in [5.74, 6) is 0.396. The average Bonchev–Trinajstić information content (AvgIpc) is 2.04. The number of nitrogens with zero attached hydrogens (tertiary/aromatic N) is 1. The predicted molar refractivity (Wildman–Crippen MR) is 46.0 cm³/mol. The minimum absolute atomic E-state index is 0.0548. The van der Waals surface area contributed by atoms with E-state index in [1.807, 2.05) is 0 Å². The molecule has 0 aromatic heterocycles. The molecule has 0 amide bonds. The summed E-state index contributed by atoms with van der Waals surface area (Å²) in [4.78, 5) is 24.7. The fourth-order valence-electron chi connectivity index (χ4n) is 1.07. The maximum absolute atomic E-state index is 10.7. The van der Waals surface area contributed by atoms with E-state index in [-0.39, 0.29) is 11.1 Å². The van der Waals surface area contributed by atoms with Crippen molar-refractivity contribution in [2.24, 2.45) is 10.7 Å². The van der Waals surface area contributed by atoms with Gasteiger partial charge < -0.3 is 10.8 Å². The Morgan fingerprint density at radius 2 is 2.38 bits per heavy atom. The first-order valence-corrected chi connectivity index (χ1v) is 3.56. The third kappa shape index (κ3) is 1.56. The van der Waals surface area contributed by atoms with Crippen LogP contribution in [0, 0.1) is 0 Å². The standard InChI is InChI=1S/C8H8N2O3/c1-4-6(8(12)13)7(9)5(3-11)2-10-4/h2,7H,9H2,1H3,(H,12,13). The van der Waals surface area contributed by atoms with E-state index < -0.39 is 12.0 Å². The molecule has 1 rings (SSSR count). The summed E-state index contributed by atoms with van der Waals surface area (Å²) in [7, 11) is 0. The molecule has 0 radical (unpaired) electrons. The van der Waals surface area contributed by atoms with E-state index in [0.29, 0.717) is 5.70 Å². The van der Waals surface area contributed by atoms with Crippen LogP contribution in [-0.4, -0.2) is 29.3 Å². The van der Waals surface area contributed by atoms with Gasteiger partial charge in [-0.3, -0.25) is 4.99 Å². The molecule has 1 unspecified atom stereocenters. The number of carbonyl (C=O) groups is 1. The number of hydrogen-bond donors (Lipinski definition) is 2. The predicted octanol–water partition coefficient (Wildman–Crippen LogP) is -0.485. The first kappa shape index (κ1) is 9.38. The third-order valence-electron chi connectivity index (χ3n) is 1.78. The molecule has 68 valence electrons. The van der Waals surface area contributed by atoms with E-state index in [0.717, 1.165) is 0 Å². The number of allylic oxidation sites excluding steroid dienone is 1. The summed E-state index contributed by atoms with van der Waals surface area (Å²) in [6, 6.07) is -0.924. The summed E-state index contributed by atoms with van der Waals surface area (Å²) in [5.41, 5.74) is 5.82. The zero-order valence-corrected chi connectivity index (χ0v) is 6.94. The molecule has 0 saturated heterocycles. The second kappa shape index (κ2) is 3.35. The first-order valence-electron chi connectivity index (χ1n) is 3.56. The minimum Gasteiger partial charge on any atom is -0.478 e. The van der Waals surface area contributed by atoms with Gasteiger partial charge >= 0.3 is 5.97 Å². The Morgan fingerprint density at radius 1 is 1.77 bits per heavy atom. The van der Waals surface area contributed by atoms with E-state index in [9.17, 15) is 9.59 Å². The Kier molecular flexibility index (Phi) is 2.41. The van der Waals surface area contributed by atoms with Crippen LogP contribution in [-0.2, 0) is 9.59 Å². The van der Waals surface area contributed by atoms with Gasteiger partial charge in [-0.25, -0.2) is 9.59 Å². The SMILES string of the molecule is CC1=C(C(=O)O)C(N)C(=C=O)C=N1. The molecule has 0 aromatic rings. The monoisotopic (exact) mass is 180 g/mol. The van der Waals surface area contributed by atoms with Gasteiger partial charge in [-0.2, -0.15) is 0 Å². The third-order valence-corrected chi connectivity index (χ3v) is 1.78. The molecule has 0 saturated carbocycles. The van der Waals surface area contributed by atoms with E-state index in [1.54, 1.807) is 5.94 Å². The van der Waals surface area contributed by atoms with Crippen LogP contribution in [0.1, 0.15) is 6.92 Å². The van der Waals surface area contributed by atoms with Crippen LogP contribution >= 0.6 is 0 Å². The van der Waals surface area contributed by atoms with Crippen LogP contribution in [0.15, 0.2) is 21.8 Å². The fourth-order valence-corrected chi connectivity index (χ4v) is 1.07. The maximum Gasteiger partial charge on any atom is 0.335 e. The Bertz CT molecular complexity index is 362. The van der Waals surface area contributed by atoms with Crippen LogP contribution in [0.4, 0.5) is 0 Å². The fraction of sp³-hybridized carbons (Fsp3) is 0.250. The van der Waals surface area contributed by atoms with Crippen molar-refractivity contribution in [3.63, 3.8) is 0 Å². The van der Waals surface area contributed by atoms with E-state index in [2.05, 4.69) is 4.99 Å². The zero-order valence-electron chi connectivity index (χ0n) is 6.94. The Morgan fingerprint density at radius 3 is 2.85 bits per heavy atom. The normalized spacial score (nSPS) is 21.7. The summed E-state index contributed by atoms with van der Waals surface area (Å²) >= 11 is 0. The minimum atomic E-state index is -1.16. The molecular formula is C8H8N2O3. The molecule has 0 fully saturated rings. The van der Waals surface area contributed by atoms with Crippen LogP contribution in [0.25, 0.3) is 0 Å². The van der Waals surface area contributed by atoms with Gasteiger partial charge in [-0.05, 0) is 6.92 Å². The lowest BCUT2D eigenvalue weighted by Gasteiger charge is -2.16. The Labute approximate surface area is 74.3 Å². The van der Waals surface area contributed by atoms with Gasteiger partial charge in [0.2, 0.25) is 0 Å². The van der Waals surface area contributed by atoms with Crippen LogP contribution in [0.3, 0.4) is 0 Å². The van der Waals surface area contributed by atoms with Crippen LogP contribution in [0.5, 0.6) is 0 Å². The highest BCUT2D eigenvalue weighted by molar-refractivity contribution is 6.00. The number of hydrogen-bond acceptors (Lipinski definition) is 4. The van der Waals surface area contributed by atoms with Crippen molar-refractivity contribution in [3.8, 4) is 0 Å². The molecule has 1 heterocycles. The second-order valence-corrected chi connectivity index (χ2v) is 2.60. The smallest absolute Gasteiger partial charge is 0.335 e. The summed E-state index contributed by atoms with van der Waals surface area (Å²) in [5, 5.41) is 8.74. The quantitative estimate of drug-likeness (QED) is 0.533. The maximum atomic E-state index is 10.7. The topological polar surface area (TPSA) is 92.7 Å². The van der Waals surface area contributed by atoms with Gasteiger partial charge in [-0.1, -0.05) is 0 Å². The van der Waals surface area contributed by atoms with Crippen molar-refractivity contribution in [3.05, 3.63) is 16.8 Å². The zero-order chi connectivity index (χ0) is 10.0. The molecule has 1 aliphatic rings. The summed E-state index contributed by atoms with van der Waals surface area (Å²) < 4.78 is 0. The number of carboxylic acid groups (broad SMARTS) is 1. The summed E-state index contributed by atoms with van der Waals surface area (Å²) in [6.07, 6.45) is 1.24. The van der Waals surface area contributed by atoms with Gasteiger partial charge in [0.05, 0.1) is 17.2 Å². The highest BCUT2D eigenvalue weighted by Crippen LogP contribution is 2.17. The molecular weight excluding hydrogens is 172 g/mol. The molecule has 1 aliphatic heterocycles. The van der Waals surface area contributed by atoms with E-state index in [4.69, 9.17) is 10.8 Å². The van der Waals surface area contributed by atoms with Crippen molar-refractivity contribution < 1.29 is 14.7 Å². The molecule has 0 bridgehead atoms. The van der Waals surface area contributed by atoms with Crippen molar-refractivity contribution in [2.45, 2.75) is 13.0 Å². The first-order chi connectivity index (χ1) is 6.07. The Balaban J connectivity index is 3.23. The average molecular weight is 180 g/mol. The molecule has 5 heteroatoms. The number of rotatable bonds is 1. The number of carbonyl (C=O) groups excluding carboxylic acids is 1. The highest BCUT2D eigenvalue weighted by Gasteiger charge is 2.25. The van der Waals surface area contributed by atoms with Crippen LogP contribution < -0.4 is 5.73 Å². The lowest BCUT2D eigenvalue weighted by Crippen LogP contribution is -2.33. The van der Waals surface area contributed by atoms with Crippen molar-refractivity contribution in [1.82, 2.24) is 0 Å². The van der Waals surface area contributed by atoms with Gasteiger partial charge in [0.15, 0.2) is 0 Å². The number of nitrogens with two attached hydrogens (primary N) is 1. The van der Waals surface area contributed by atoms with Crippen molar-refractivity contribution >= 4 is 18.1 Å². The molecule has 13 heavy (non-hydrogen) atoms. The van der Waals surface area contributed by atoms with Crippen molar-refractivity contribution in [1.29, 1.82) is 0 Å². The lowest BCUT2D eigenvalue weighted by atomic mass is 9.97. The second-order valence-electron chi connectivity index (χ2n) is 2.60. The van der Waals surface area contributed by atoms with E-state index >= 15 is 0 Å². The molecule has 0 aromatic carbocycles. The van der Waals surface area contributed by atoms with Crippen LogP contribution in [0.2, 0.25) is 0 Å². The summed E-state index contributed by atoms with van der Waals surface area (Å²) in [6.45, 7) is 1.53. The number of aliphatic carboxylic acids is 1. The molecule has 0 aliphatic carbocycles. The lowest BCUT2D eigenvalue weighted by molar-refractivity contribution is -0.132. The van der Waals surface area contributed by atoms with Gasteiger partial charge in [-0.15, -0.1) is 0 Å². The number of carboxylic acids is 1. The number of aliphatic imine (C=N–C) groups is 1. The molecule has 0 spiro atoms. The largest absolute Gasteiger partial charge is 0.478 e.